The van der Waals surface area contributed by atoms with E-state index in [1.807, 2.05) is 48.5 Å². The standard InChI is InChI=1S/C21H30BF2NO4/c1-19(2,3)27-18(26)25-9-8-13-10-14(17(23)24)11-16(15(13)12-25)22-28-20(4,5)21(6,7)29-22/h10-11,17H,8-9,12H2,1-7H3. The fourth-order valence-electron chi connectivity index (χ4n) is 3.51. The van der Waals surface area contributed by atoms with Crippen LogP contribution in [0.15, 0.2) is 12.1 Å². The number of amides is 1. The van der Waals surface area contributed by atoms with Gasteiger partial charge in [0.25, 0.3) is 6.43 Å². The monoisotopic (exact) mass is 409 g/mol. The molecule has 1 aromatic carbocycles. The molecule has 3 rings (SSSR count). The van der Waals surface area contributed by atoms with Gasteiger partial charge in [-0.15, -0.1) is 0 Å². The molecule has 2 aliphatic heterocycles. The molecule has 0 spiro atoms. The van der Waals surface area contributed by atoms with Gasteiger partial charge < -0.3 is 18.9 Å². The largest absolute Gasteiger partial charge is 0.495 e. The average Bonchev–Trinajstić information content (AvgIpc) is 2.79. The molecular formula is C21H30BF2NO4. The smallest absolute Gasteiger partial charge is 0.444 e. The quantitative estimate of drug-likeness (QED) is 0.687. The summed E-state index contributed by atoms with van der Waals surface area (Å²) in [5.74, 6) is 0. The molecule has 0 radical (unpaired) electrons. The summed E-state index contributed by atoms with van der Waals surface area (Å²) in [7, 11) is -0.772. The Kier molecular flexibility index (Phi) is 5.50. The van der Waals surface area contributed by atoms with Crippen LogP contribution in [0.25, 0.3) is 0 Å². The van der Waals surface area contributed by atoms with Crippen molar-refractivity contribution in [3.05, 3.63) is 28.8 Å². The van der Waals surface area contributed by atoms with Crippen LogP contribution in [0.1, 0.15) is 71.6 Å². The molecular weight excluding hydrogens is 379 g/mol. The Morgan fingerprint density at radius 2 is 1.76 bits per heavy atom. The maximum absolute atomic E-state index is 13.5. The SMILES string of the molecule is CC(C)(C)OC(=O)N1CCc2cc(C(F)F)cc(B3OC(C)(C)C(C)(C)O3)c2C1. The van der Waals surface area contributed by atoms with Crippen molar-refractivity contribution in [1.82, 2.24) is 4.90 Å². The van der Waals surface area contributed by atoms with Crippen molar-refractivity contribution in [3.8, 4) is 0 Å². The molecule has 0 bridgehead atoms. The van der Waals surface area contributed by atoms with Crippen LogP contribution in [0.2, 0.25) is 0 Å². The predicted octanol–water partition coefficient (Wildman–Crippen LogP) is 4.22. The van der Waals surface area contributed by atoms with Gasteiger partial charge in [-0.05, 0) is 77.5 Å². The molecule has 1 amide bonds. The second-order valence-electron chi connectivity index (χ2n) is 9.79. The van der Waals surface area contributed by atoms with E-state index in [0.717, 1.165) is 11.1 Å². The van der Waals surface area contributed by atoms with E-state index in [1.165, 1.54) is 12.1 Å². The Balaban J connectivity index is 1.97. The average molecular weight is 409 g/mol. The predicted molar refractivity (Wildman–Crippen MR) is 107 cm³/mol. The number of hydrogen-bond acceptors (Lipinski definition) is 4. The third kappa shape index (κ3) is 4.43. The minimum absolute atomic E-state index is 0.0563. The Morgan fingerprint density at radius 3 is 2.28 bits per heavy atom. The molecule has 1 saturated heterocycles. The van der Waals surface area contributed by atoms with Gasteiger partial charge >= 0.3 is 13.2 Å². The van der Waals surface area contributed by atoms with Crippen LogP contribution in [0, 0.1) is 0 Å². The highest BCUT2D eigenvalue weighted by Crippen LogP contribution is 2.37. The van der Waals surface area contributed by atoms with Gasteiger partial charge in [-0.1, -0.05) is 6.07 Å². The Bertz CT molecular complexity index is 789. The number of carbonyl (C=O) groups excluding carboxylic acids is 1. The van der Waals surface area contributed by atoms with E-state index in [4.69, 9.17) is 14.0 Å². The molecule has 2 heterocycles. The highest BCUT2D eigenvalue weighted by Gasteiger charge is 2.52. The number of carbonyl (C=O) groups is 1. The number of rotatable bonds is 2. The first-order chi connectivity index (χ1) is 13.2. The van der Waals surface area contributed by atoms with Crippen LogP contribution >= 0.6 is 0 Å². The van der Waals surface area contributed by atoms with Crippen LogP contribution in [0.5, 0.6) is 0 Å². The summed E-state index contributed by atoms with van der Waals surface area (Å²) in [5, 5.41) is 0. The number of ether oxygens (including phenoxy) is 1. The maximum atomic E-state index is 13.5. The summed E-state index contributed by atoms with van der Waals surface area (Å²) in [6.45, 7) is 13.8. The van der Waals surface area contributed by atoms with Crippen molar-refractivity contribution in [3.63, 3.8) is 0 Å². The Hall–Kier alpha value is -1.67. The van der Waals surface area contributed by atoms with Crippen LogP contribution < -0.4 is 5.46 Å². The molecule has 0 unspecified atom stereocenters. The second-order valence-corrected chi connectivity index (χ2v) is 9.79. The second kappa shape index (κ2) is 7.24. The highest BCUT2D eigenvalue weighted by molar-refractivity contribution is 6.62. The van der Waals surface area contributed by atoms with Crippen molar-refractivity contribution >= 4 is 18.7 Å². The fraction of sp³-hybridized carbons (Fsp3) is 0.667. The molecule has 0 N–H and O–H groups in total. The zero-order chi connectivity index (χ0) is 21.8. The fourth-order valence-corrected chi connectivity index (χ4v) is 3.51. The van der Waals surface area contributed by atoms with Crippen LogP contribution in [-0.4, -0.2) is 41.5 Å². The van der Waals surface area contributed by atoms with Crippen molar-refractivity contribution in [1.29, 1.82) is 0 Å². The first-order valence-corrected chi connectivity index (χ1v) is 9.97. The number of nitrogens with zero attached hydrogens (tertiary/aromatic N) is 1. The molecule has 0 saturated carbocycles. The van der Waals surface area contributed by atoms with E-state index < -0.39 is 36.4 Å². The summed E-state index contributed by atoms with van der Waals surface area (Å²) in [6.07, 6.45) is -2.53. The van der Waals surface area contributed by atoms with E-state index >= 15 is 0 Å². The van der Waals surface area contributed by atoms with Gasteiger partial charge in [-0.3, -0.25) is 0 Å². The van der Waals surface area contributed by atoms with E-state index in [0.29, 0.717) is 18.4 Å². The number of halogens is 2. The third-order valence-corrected chi connectivity index (χ3v) is 5.81. The minimum atomic E-state index is -2.59. The van der Waals surface area contributed by atoms with Crippen LogP contribution in [0.3, 0.4) is 0 Å². The minimum Gasteiger partial charge on any atom is -0.444 e. The Labute approximate surface area is 171 Å². The number of hydrogen-bond donors (Lipinski definition) is 0. The van der Waals surface area contributed by atoms with Gasteiger partial charge in [0.1, 0.15) is 5.60 Å². The first kappa shape index (κ1) is 22.0. The van der Waals surface area contributed by atoms with Crippen molar-refractivity contribution < 1.29 is 27.6 Å². The lowest BCUT2D eigenvalue weighted by Crippen LogP contribution is -2.45. The molecule has 1 fully saturated rings. The van der Waals surface area contributed by atoms with E-state index in [1.54, 1.807) is 4.90 Å². The van der Waals surface area contributed by atoms with Crippen molar-refractivity contribution in [2.75, 3.05) is 6.54 Å². The Morgan fingerprint density at radius 1 is 1.17 bits per heavy atom. The molecule has 0 aromatic heterocycles. The number of benzene rings is 1. The van der Waals surface area contributed by atoms with Gasteiger partial charge in [0.15, 0.2) is 0 Å². The van der Waals surface area contributed by atoms with Gasteiger partial charge in [-0.25, -0.2) is 13.6 Å². The number of fused-ring (bicyclic) bond motifs is 1. The molecule has 160 valence electrons. The zero-order valence-electron chi connectivity index (χ0n) is 18.3. The van der Waals surface area contributed by atoms with E-state index in [9.17, 15) is 13.6 Å². The summed E-state index contributed by atoms with van der Waals surface area (Å²) in [6, 6.07) is 2.98. The molecule has 8 heteroatoms. The lowest BCUT2D eigenvalue weighted by atomic mass is 9.72. The molecule has 0 aliphatic carbocycles. The topological polar surface area (TPSA) is 48.0 Å². The lowest BCUT2D eigenvalue weighted by molar-refractivity contribution is 0.00578. The molecule has 5 nitrogen and oxygen atoms in total. The number of alkyl halides is 2. The molecule has 2 aliphatic rings. The third-order valence-electron chi connectivity index (χ3n) is 5.81. The lowest BCUT2D eigenvalue weighted by Gasteiger charge is -2.33. The highest BCUT2D eigenvalue weighted by atomic mass is 19.3. The molecule has 29 heavy (non-hydrogen) atoms. The zero-order valence-corrected chi connectivity index (χ0v) is 18.3. The van der Waals surface area contributed by atoms with Gasteiger partial charge in [-0.2, -0.15) is 0 Å². The van der Waals surface area contributed by atoms with Crippen LogP contribution in [-0.2, 0) is 27.0 Å². The summed E-state index contributed by atoms with van der Waals surface area (Å²) < 4.78 is 44.8. The molecule has 0 atom stereocenters. The molecule has 1 aromatic rings. The van der Waals surface area contributed by atoms with E-state index in [2.05, 4.69) is 0 Å². The maximum Gasteiger partial charge on any atom is 0.495 e. The van der Waals surface area contributed by atoms with Gasteiger partial charge in [0.05, 0.1) is 11.2 Å². The van der Waals surface area contributed by atoms with Crippen molar-refractivity contribution in [2.45, 2.75) is 84.7 Å². The summed E-state index contributed by atoms with van der Waals surface area (Å²) in [5.41, 5.74) is 0.308. The summed E-state index contributed by atoms with van der Waals surface area (Å²) in [4.78, 5) is 14.2. The first-order valence-electron chi connectivity index (χ1n) is 9.97. The van der Waals surface area contributed by atoms with Crippen LogP contribution in [0.4, 0.5) is 13.6 Å². The normalized spacial score (nSPS) is 20.8. The van der Waals surface area contributed by atoms with Gasteiger partial charge in [0.2, 0.25) is 0 Å². The van der Waals surface area contributed by atoms with E-state index in [-0.39, 0.29) is 12.1 Å². The van der Waals surface area contributed by atoms with Gasteiger partial charge in [0, 0.05) is 18.7 Å². The van der Waals surface area contributed by atoms with Crippen molar-refractivity contribution in [2.24, 2.45) is 0 Å². The summed E-state index contributed by atoms with van der Waals surface area (Å²) >= 11 is 0.